The van der Waals surface area contributed by atoms with Gasteiger partial charge in [-0.2, -0.15) is 0 Å². The van der Waals surface area contributed by atoms with Crippen molar-refractivity contribution in [2.24, 2.45) is 5.41 Å². The fraction of sp³-hybridized carbons (Fsp3) is 0.500. The van der Waals surface area contributed by atoms with E-state index >= 15 is 0 Å². The smallest absolute Gasteiger partial charge is 0.326 e. The lowest BCUT2D eigenvalue weighted by atomic mass is 9.87. The molecular formula is C16H23NO3S. The van der Waals surface area contributed by atoms with Crippen molar-refractivity contribution < 1.29 is 14.7 Å². The van der Waals surface area contributed by atoms with E-state index in [1.54, 1.807) is 32.5 Å². The van der Waals surface area contributed by atoms with Crippen LogP contribution in [0.15, 0.2) is 29.2 Å². The molecule has 0 aliphatic carbocycles. The topological polar surface area (TPSA) is 66.4 Å². The van der Waals surface area contributed by atoms with E-state index in [2.05, 4.69) is 5.32 Å². The molecule has 0 fully saturated rings. The molecule has 1 rings (SSSR count). The maximum Gasteiger partial charge on any atom is 0.326 e. The van der Waals surface area contributed by atoms with E-state index in [0.29, 0.717) is 12.2 Å². The first-order valence-corrected chi connectivity index (χ1v) is 7.90. The summed E-state index contributed by atoms with van der Waals surface area (Å²) in [5.41, 5.74) is 0.692. The average molecular weight is 309 g/mol. The first kappa shape index (κ1) is 17.6. The van der Waals surface area contributed by atoms with E-state index in [1.807, 2.05) is 31.2 Å². The van der Waals surface area contributed by atoms with Gasteiger partial charge in [0.15, 0.2) is 0 Å². The van der Waals surface area contributed by atoms with E-state index in [1.165, 1.54) is 5.56 Å². The molecule has 4 nitrogen and oxygen atoms in total. The van der Waals surface area contributed by atoms with Gasteiger partial charge in [-0.25, -0.2) is 4.79 Å². The van der Waals surface area contributed by atoms with Crippen LogP contribution in [0, 0.1) is 12.3 Å². The number of carboxylic acids is 1. The lowest BCUT2D eigenvalue weighted by Gasteiger charge is -2.27. The van der Waals surface area contributed by atoms with E-state index in [4.69, 9.17) is 5.11 Å². The molecule has 116 valence electrons. The molecule has 0 bridgehead atoms. The molecule has 0 spiro atoms. The van der Waals surface area contributed by atoms with Crippen molar-refractivity contribution in [2.45, 2.75) is 45.1 Å². The van der Waals surface area contributed by atoms with Crippen molar-refractivity contribution in [1.82, 2.24) is 5.32 Å². The molecule has 0 unspecified atom stereocenters. The third-order valence-corrected chi connectivity index (χ3v) is 4.05. The number of hydrogen-bond donors (Lipinski definition) is 2. The van der Waals surface area contributed by atoms with Crippen molar-refractivity contribution in [3.8, 4) is 0 Å². The fourth-order valence-electron chi connectivity index (χ4n) is 1.78. The first-order valence-electron chi connectivity index (χ1n) is 6.92. The highest BCUT2D eigenvalue weighted by molar-refractivity contribution is 7.99. The van der Waals surface area contributed by atoms with Gasteiger partial charge in [-0.05, 0) is 24.5 Å². The molecule has 0 aliphatic rings. The Hall–Kier alpha value is -1.49. The summed E-state index contributed by atoms with van der Waals surface area (Å²) in [6.45, 7) is 7.42. The van der Waals surface area contributed by atoms with Crippen molar-refractivity contribution in [3.63, 3.8) is 0 Å². The number of amides is 1. The van der Waals surface area contributed by atoms with Crippen LogP contribution in [0.2, 0.25) is 0 Å². The molecule has 5 heteroatoms. The summed E-state index contributed by atoms with van der Waals surface area (Å²) < 4.78 is 0. The molecule has 0 saturated carbocycles. The molecule has 0 aromatic heterocycles. The van der Waals surface area contributed by atoms with Gasteiger partial charge >= 0.3 is 5.97 Å². The predicted octanol–water partition coefficient (Wildman–Crippen LogP) is 3.09. The molecule has 1 aromatic carbocycles. The minimum absolute atomic E-state index is 0.225. The lowest BCUT2D eigenvalue weighted by molar-refractivity contribution is -0.144. The normalized spacial score (nSPS) is 12.8. The van der Waals surface area contributed by atoms with Gasteiger partial charge in [-0.1, -0.05) is 38.5 Å². The summed E-state index contributed by atoms with van der Waals surface area (Å²) in [5.74, 6) is -0.593. The van der Waals surface area contributed by atoms with Crippen molar-refractivity contribution in [1.29, 1.82) is 0 Å². The van der Waals surface area contributed by atoms with Crippen LogP contribution in [-0.4, -0.2) is 28.8 Å². The van der Waals surface area contributed by atoms with E-state index in [9.17, 15) is 9.59 Å². The monoisotopic (exact) mass is 309 g/mol. The minimum atomic E-state index is -0.998. The Labute approximate surface area is 130 Å². The Kier molecular flexibility index (Phi) is 6.27. The number of rotatable bonds is 6. The van der Waals surface area contributed by atoms with E-state index < -0.39 is 17.4 Å². The van der Waals surface area contributed by atoms with E-state index in [0.717, 1.165) is 4.90 Å². The molecule has 0 heterocycles. The number of carbonyl (C=O) groups is 2. The SMILES string of the molecule is Cc1ccc(SCCC(=O)N[C@H](C(=O)O)C(C)(C)C)cc1. The van der Waals surface area contributed by atoms with Crippen molar-refractivity contribution >= 4 is 23.6 Å². The van der Waals surface area contributed by atoms with Crippen LogP contribution in [0.5, 0.6) is 0 Å². The number of carbonyl (C=O) groups excluding carboxylic acids is 1. The third-order valence-electron chi connectivity index (χ3n) is 3.04. The van der Waals surface area contributed by atoms with Gasteiger partial charge in [-0.15, -0.1) is 11.8 Å². The number of nitrogens with one attached hydrogen (secondary N) is 1. The highest BCUT2D eigenvalue weighted by Crippen LogP contribution is 2.21. The zero-order valence-electron chi connectivity index (χ0n) is 13.0. The van der Waals surface area contributed by atoms with Gasteiger partial charge < -0.3 is 10.4 Å². The second kappa shape index (κ2) is 7.50. The number of benzene rings is 1. The van der Waals surface area contributed by atoms with Crippen molar-refractivity contribution in [3.05, 3.63) is 29.8 Å². The van der Waals surface area contributed by atoms with Gasteiger partial charge in [-0.3, -0.25) is 4.79 Å². The molecule has 2 N–H and O–H groups in total. The second-order valence-electron chi connectivity index (χ2n) is 6.12. The molecule has 1 aromatic rings. The standard InChI is InChI=1S/C16H23NO3S/c1-11-5-7-12(8-6-11)21-10-9-13(18)17-14(15(19)20)16(2,3)4/h5-8,14H,9-10H2,1-4H3,(H,17,18)(H,19,20)/t14-/m1/s1. The molecule has 0 radical (unpaired) electrons. The third kappa shape index (κ3) is 6.21. The van der Waals surface area contributed by atoms with Gasteiger partial charge in [0.05, 0.1) is 0 Å². The predicted molar refractivity (Wildman–Crippen MR) is 85.5 cm³/mol. The molecular weight excluding hydrogens is 286 g/mol. The molecule has 0 saturated heterocycles. The maximum absolute atomic E-state index is 11.9. The number of hydrogen-bond acceptors (Lipinski definition) is 3. The van der Waals surface area contributed by atoms with Crippen molar-refractivity contribution in [2.75, 3.05) is 5.75 Å². The van der Waals surface area contributed by atoms with Gasteiger partial charge in [0.25, 0.3) is 0 Å². The first-order chi connectivity index (χ1) is 9.70. The number of aliphatic carboxylic acids is 1. The summed E-state index contributed by atoms with van der Waals surface area (Å²) >= 11 is 1.59. The zero-order chi connectivity index (χ0) is 16.0. The van der Waals surface area contributed by atoms with Crippen LogP contribution < -0.4 is 5.32 Å². The molecule has 21 heavy (non-hydrogen) atoms. The Morgan fingerprint density at radius 1 is 1.24 bits per heavy atom. The van der Waals surface area contributed by atoms with Crippen LogP contribution in [0.3, 0.4) is 0 Å². The summed E-state index contributed by atoms with van der Waals surface area (Å²) in [6, 6.07) is 7.24. The highest BCUT2D eigenvalue weighted by atomic mass is 32.2. The fourth-order valence-corrected chi connectivity index (χ4v) is 2.63. The summed E-state index contributed by atoms with van der Waals surface area (Å²) in [7, 11) is 0. The Morgan fingerprint density at radius 3 is 2.29 bits per heavy atom. The van der Waals surface area contributed by atoms with Crippen LogP contribution >= 0.6 is 11.8 Å². The zero-order valence-corrected chi connectivity index (χ0v) is 13.8. The van der Waals surface area contributed by atoms with Crippen LogP contribution in [-0.2, 0) is 9.59 Å². The lowest BCUT2D eigenvalue weighted by Crippen LogP contribution is -2.49. The van der Waals surface area contributed by atoms with E-state index in [-0.39, 0.29) is 5.91 Å². The average Bonchev–Trinajstić information content (AvgIpc) is 2.36. The summed E-state index contributed by atoms with van der Waals surface area (Å²) in [6.07, 6.45) is 0.304. The molecule has 1 amide bonds. The molecule has 0 aliphatic heterocycles. The Morgan fingerprint density at radius 2 is 1.81 bits per heavy atom. The Balaban J connectivity index is 2.43. The highest BCUT2D eigenvalue weighted by Gasteiger charge is 2.32. The largest absolute Gasteiger partial charge is 0.480 e. The number of aryl methyl sites for hydroxylation is 1. The van der Waals surface area contributed by atoms with Crippen LogP contribution in [0.1, 0.15) is 32.8 Å². The quantitative estimate of drug-likeness (QED) is 0.793. The Bertz CT molecular complexity index is 491. The second-order valence-corrected chi connectivity index (χ2v) is 7.28. The summed E-state index contributed by atoms with van der Waals surface area (Å²) in [4.78, 5) is 24.2. The van der Waals surface area contributed by atoms with Crippen LogP contribution in [0.25, 0.3) is 0 Å². The number of carboxylic acid groups (broad SMARTS) is 1. The number of thioether (sulfide) groups is 1. The summed E-state index contributed by atoms with van der Waals surface area (Å²) in [5, 5.41) is 11.8. The van der Waals surface area contributed by atoms with Gasteiger partial charge in [0.2, 0.25) is 5.91 Å². The van der Waals surface area contributed by atoms with Crippen LogP contribution in [0.4, 0.5) is 0 Å². The molecule has 1 atom stereocenters. The van der Waals surface area contributed by atoms with Gasteiger partial charge in [0, 0.05) is 17.1 Å². The maximum atomic E-state index is 11.9. The van der Waals surface area contributed by atoms with Gasteiger partial charge in [0.1, 0.15) is 6.04 Å². The minimum Gasteiger partial charge on any atom is -0.480 e.